The largest absolute Gasteiger partial charge is 0.496 e. The van der Waals surface area contributed by atoms with Crippen LogP contribution >= 0.6 is 11.3 Å². The summed E-state index contributed by atoms with van der Waals surface area (Å²) in [4.78, 5) is 27.1. The van der Waals surface area contributed by atoms with Crippen molar-refractivity contribution in [2.45, 2.75) is 18.8 Å². The summed E-state index contributed by atoms with van der Waals surface area (Å²) in [5, 5.41) is 11.6. The summed E-state index contributed by atoms with van der Waals surface area (Å²) in [6.07, 6.45) is 1.11. The van der Waals surface area contributed by atoms with Gasteiger partial charge in [0.05, 0.1) is 13.0 Å². The quantitative estimate of drug-likeness (QED) is 0.861. The van der Waals surface area contributed by atoms with E-state index >= 15 is 0 Å². The first-order valence-corrected chi connectivity index (χ1v) is 9.14. The molecule has 0 saturated carbocycles. The molecule has 6 heteroatoms. The first kappa shape index (κ1) is 17.5. The third kappa shape index (κ3) is 3.85. The zero-order valence-electron chi connectivity index (χ0n) is 14.1. The molecule has 0 spiro atoms. The Morgan fingerprint density at radius 3 is 2.72 bits per heavy atom. The monoisotopic (exact) mass is 359 g/mol. The molecule has 0 radical (unpaired) electrons. The van der Waals surface area contributed by atoms with Crippen molar-refractivity contribution >= 4 is 23.2 Å². The van der Waals surface area contributed by atoms with Crippen LogP contribution in [0.15, 0.2) is 41.8 Å². The van der Waals surface area contributed by atoms with Crippen molar-refractivity contribution < 1.29 is 19.4 Å². The molecule has 2 aromatic rings. The summed E-state index contributed by atoms with van der Waals surface area (Å²) in [5.41, 5.74) is 0.853. The van der Waals surface area contributed by atoms with E-state index < -0.39 is 11.9 Å². The highest BCUT2D eigenvalue weighted by Crippen LogP contribution is 2.37. The average Bonchev–Trinajstić information content (AvgIpc) is 3.29. The number of likely N-dealkylation sites (tertiary alicyclic amines) is 1. The third-order valence-corrected chi connectivity index (χ3v) is 5.63. The Kier molecular flexibility index (Phi) is 5.38. The van der Waals surface area contributed by atoms with E-state index in [1.165, 1.54) is 4.88 Å². The summed E-state index contributed by atoms with van der Waals surface area (Å²) < 4.78 is 5.38. The van der Waals surface area contributed by atoms with Crippen molar-refractivity contribution in [3.8, 4) is 5.75 Å². The van der Waals surface area contributed by atoms with E-state index in [4.69, 9.17) is 4.74 Å². The molecule has 0 bridgehead atoms. The second kappa shape index (κ2) is 7.70. The van der Waals surface area contributed by atoms with E-state index in [-0.39, 0.29) is 18.4 Å². The number of aryl methyl sites for hydroxylation is 1. The predicted octanol–water partition coefficient (Wildman–Crippen LogP) is 3.02. The van der Waals surface area contributed by atoms with Gasteiger partial charge in [0.1, 0.15) is 5.75 Å². The molecule has 1 N–H and O–H groups in total. The zero-order valence-corrected chi connectivity index (χ0v) is 14.9. The molecule has 0 aliphatic carbocycles. The second-order valence-corrected chi connectivity index (χ2v) is 7.20. The normalized spacial score (nSPS) is 19.8. The Morgan fingerprint density at radius 1 is 1.24 bits per heavy atom. The Bertz CT molecular complexity index is 744. The number of carbonyl (C=O) groups is 2. The van der Waals surface area contributed by atoms with Crippen molar-refractivity contribution in [2.75, 3.05) is 20.2 Å². The summed E-state index contributed by atoms with van der Waals surface area (Å²) in [6.45, 7) is 0.669. The SMILES string of the molecule is COc1ccccc1C1CN(C(=O)CCc2cccs2)CC1C(=O)O. The molecule has 1 fully saturated rings. The molecule has 1 amide bonds. The molecule has 2 heterocycles. The Morgan fingerprint density at radius 2 is 2.04 bits per heavy atom. The van der Waals surface area contributed by atoms with Crippen molar-refractivity contribution in [1.29, 1.82) is 0 Å². The predicted molar refractivity (Wildman–Crippen MR) is 96.1 cm³/mol. The van der Waals surface area contributed by atoms with Crippen LogP contribution in [-0.2, 0) is 16.0 Å². The highest BCUT2D eigenvalue weighted by Gasteiger charge is 2.41. The minimum absolute atomic E-state index is 0.0112. The number of hydrogen-bond acceptors (Lipinski definition) is 4. The number of thiophene rings is 1. The molecule has 2 unspecified atom stereocenters. The van der Waals surface area contributed by atoms with Gasteiger partial charge in [-0.25, -0.2) is 0 Å². The van der Waals surface area contributed by atoms with Gasteiger partial charge in [-0.15, -0.1) is 11.3 Å². The van der Waals surface area contributed by atoms with Gasteiger partial charge < -0.3 is 14.7 Å². The average molecular weight is 359 g/mol. The van der Waals surface area contributed by atoms with Gasteiger partial charge in [-0.05, 0) is 29.5 Å². The van der Waals surface area contributed by atoms with Gasteiger partial charge in [0.2, 0.25) is 5.91 Å². The molecule has 1 aliphatic heterocycles. The number of carboxylic acid groups (broad SMARTS) is 1. The highest BCUT2D eigenvalue weighted by atomic mass is 32.1. The van der Waals surface area contributed by atoms with Crippen molar-refractivity contribution in [3.63, 3.8) is 0 Å². The molecule has 2 atom stereocenters. The number of nitrogens with zero attached hydrogens (tertiary/aromatic N) is 1. The van der Waals surface area contributed by atoms with Crippen LogP contribution in [0, 0.1) is 5.92 Å². The van der Waals surface area contributed by atoms with Crippen LogP contribution in [0.3, 0.4) is 0 Å². The Hall–Kier alpha value is -2.34. The fourth-order valence-electron chi connectivity index (χ4n) is 3.39. The topological polar surface area (TPSA) is 66.8 Å². The first-order valence-electron chi connectivity index (χ1n) is 8.26. The van der Waals surface area contributed by atoms with E-state index in [1.807, 2.05) is 41.8 Å². The lowest BCUT2D eigenvalue weighted by atomic mass is 9.88. The number of ether oxygens (including phenoxy) is 1. The highest BCUT2D eigenvalue weighted by molar-refractivity contribution is 7.09. The van der Waals surface area contributed by atoms with Gasteiger partial charge in [-0.2, -0.15) is 0 Å². The van der Waals surface area contributed by atoms with E-state index in [2.05, 4.69) is 0 Å². The molecule has 132 valence electrons. The van der Waals surface area contributed by atoms with Crippen LogP contribution in [-0.4, -0.2) is 42.1 Å². The molecule has 5 nitrogen and oxygen atoms in total. The number of hydrogen-bond donors (Lipinski definition) is 1. The van der Waals surface area contributed by atoms with E-state index in [1.54, 1.807) is 23.3 Å². The minimum atomic E-state index is -0.871. The first-order chi connectivity index (χ1) is 12.1. The standard InChI is InChI=1S/C19H21NO4S/c1-24-17-7-3-2-6-14(17)15-11-20(12-16(15)19(22)23)18(21)9-8-13-5-4-10-25-13/h2-7,10,15-16H,8-9,11-12H2,1H3,(H,22,23). The van der Waals surface area contributed by atoms with Gasteiger partial charge in [0, 0.05) is 30.3 Å². The number of para-hydroxylation sites is 1. The lowest BCUT2D eigenvalue weighted by Gasteiger charge is -2.18. The van der Waals surface area contributed by atoms with Gasteiger partial charge in [0.25, 0.3) is 0 Å². The summed E-state index contributed by atoms with van der Waals surface area (Å²) >= 11 is 1.63. The van der Waals surface area contributed by atoms with Gasteiger partial charge in [-0.1, -0.05) is 24.3 Å². The lowest BCUT2D eigenvalue weighted by Crippen LogP contribution is -2.30. The van der Waals surface area contributed by atoms with Gasteiger partial charge in [0.15, 0.2) is 0 Å². The molecule has 3 rings (SSSR count). The van der Waals surface area contributed by atoms with Crippen LogP contribution in [0.4, 0.5) is 0 Å². The number of rotatable bonds is 6. The smallest absolute Gasteiger partial charge is 0.308 e. The molecular weight excluding hydrogens is 338 g/mol. The number of carbonyl (C=O) groups excluding carboxylic acids is 1. The number of amides is 1. The van der Waals surface area contributed by atoms with E-state index in [0.29, 0.717) is 25.1 Å². The minimum Gasteiger partial charge on any atom is -0.496 e. The van der Waals surface area contributed by atoms with Crippen LogP contribution < -0.4 is 4.74 Å². The van der Waals surface area contributed by atoms with Gasteiger partial charge in [-0.3, -0.25) is 9.59 Å². The fraction of sp³-hybridized carbons (Fsp3) is 0.368. The summed E-state index contributed by atoms with van der Waals surface area (Å²) in [7, 11) is 1.58. The van der Waals surface area contributed by atoms with Crippen LogP contribution in [0.5, 0.6) is 5.75 Å². The number of aliphatic carboxylic acids is 1. The van der Waals surface area contributed by atoms with Crippen LogP contribution in [0.25, 0.3) is 0 Å². The van der Waals surface area contributed by atoms with E-state index in [9.17, 15) is 14.7 Å². The maximum absolute atomic E-state index is 12.5. The maximum Gasteiger partial charge on any atom is 0.308 e. The zero-order chi connectivity index (χ0) is 17.8. The molecule has 1 aromatic carbocycles. The summed E-state index contributed by atoms with van der Waals surface area (Å²) in [5.74, 6) is -1.05. The number of methoxy groups -OCH3 is 1. The van der Waals surface area contributed by atoms with Crippen molar-refractivity contribution in [1.82, 2.24) is 4.90 Å². The number of carboxylic acids is 1. The van der Waals surface area contributed by atoms with Crippen molar-refractivity contribution in [3.05, 3.63) is 52.2 Å². The fourth-order valence-corrected chi connectivity index (χ4v) is 4.10. The van der Waals surface area contributed by atoms with Crippen LogP contribution in [0.1, 0.15) is 22.8 Å². The molecular formula is C19H21NO4S. The van der Waals surface area contributed by atoms with Gasteiger partial charge >= 0.3 is 5.97 Å². The summed E-state index contributed by atoms with van der Waals surface area (Å²) in [6, 6.07) is 11.4. The number of benzene rings is 1. The molecule has 1 aromatic heterocycles. The molecule has 1 saturated heterocycles. The molecule has 25 heavy (non-hydrogen) atoms. The lowest BCUT2D eigenvalue weighted by molar-refractivity contribution is -0.141. The second-order valence-electron chi connectivity index (χ2n) is 6.17. The van der Waals surface area contributed by atoms with E-state index in [0.717, 1.165) is 5.56 Å². The Balaban J connectivity index is 1.74. The maximum atomic E-state index is 12.5. The Labute approximate surface area is 150 Å². The van der Waals surface area contributed by atoms with Crippen LogP contribution in [0.2, 0.25) is 0 Å². The third-order valence-electron chi connectivity index (χ3n) is 4.69. The molecule has 1 aliphatic rings. The van der Waals surface area contributed by atoms with Crippen molar-refractivity contribution in [2.24, 2.45) is 5.92 Å².